The molecule has 3 heteroatoms. The summed E-state index contributed by atoms with van der Waals surface area (Å²) >= 11 is 5.97. The van der Waals surface area contributed by atoms with Gasteiger partial charge in [0.15, 0.2) is 0 Å². The standard InChI is InChI=1S/C13H15ClN2/c14-11-6-7-16-12(8-11)9-15-13(16)10-4-2-1-3-5-10/h6-10H,1-5H2. The summed E-state index contributed by atoms with van der Waals surface area (Å²) in [5, 5.41) is 0.780. The van der Waals surface area contributed by atoms with E-state index in [0.29, 0.717) is 5.92 Å². The van der Waals surface area contributed by atoms with Gasteiger partial charge < -0.3 is 4.40 Å². The third-order valence-electron chi connectivity index (χ3n) is 3.49. The molecule has 84 valence electrons. The van der Waals surface area contributed by atoms with Crippen molar-refractivity contribution in [2.24, 2.45) is 0 Å². The molecule has 0 atom stereocenters. The van der Waals surface area contributed by atoms with Gasteiger partial charge in [-0.25, -0.2) is 4.98 Å². The Morgan fingerprint density at radius 1 is 1.25 bits per heavy atom. The largest absolute Gasteiger partial charge is 0.303 e. The summed E-state index contributed by atoms with van der Waals surface area (Å²) in [5.74, 6) is 1.85. The van der Waals surface area contributed by atoms with Crippen LogP contribution in [0.25, 0.3) is 5.52 Å². The van der Waals surface area contributed by atoms with Crippen LogP contribution in [0.5, 0.6) is 0 Å². The Bertz CT molecular complexity index is 498. The summed E-state index contributed by atoms with van der Waals surface area (Å²) in [6.07, 6.45) is 10.6. The molecule has 0 radical (unpaired) electrons. The highest BCUT2D eigenvalue weighted by Gasteiger charge is 2.19. The highest BCUT2D eigenvalue weighted by molar-refractivity contribution is 6.30. The second-order valence-corrected chi connectivity index (χ2v) is 5.03. The second-order valence-electron chi connectivity index (χ2n) is 4.59. The van der Waals surface area contributed by atoms with E-state index in [1.165, 1.54) is 37.9 Å². The molecule has 0 N–H and O–H groups in total. The normalized spacial score (nSPS) is 18.1. The van der Waals surface area contributed by atoms with E-state index in [-0.39, 0.29) is 0 Å². The van der Waals surface area contributed by atoms with Crippen LogP contribution in [0.3, 0.4) is 0 Å². The van der Waals surface area contributed by atoms with Crippen LogP contribution in [-0.2, 0) is 0 Å². The number of imidazole rings is 1. The lowest BCUT2D eigenvalue weighted by molar-refractivity contribution is 0.428. The van der Waals surface area contributed by atoms with Gasteiger partial charge in [-0.1, -0.05) is 30.9 Å². The van der Waals surface area contributed by atoms with E-state index in [1.54, 1.807) is 0 Å². The first-order valence-corrected chi connectivity index (χ1v) is 6.35. The van der Waals surface area contributed by atoms with E-state index in [2.05, 4.69) is 9.38 Å². The smallest absolute Gasteiger partial charge is 0.116 e. The Labute approximate surface area is 100 Å². The summed E-state index contributed by atoms with van der Waals surface area (Å²) in [6.45, 7) is 0. The minimum absolute atomic E-state index is 0.637. The number of aromatic nitrogens is 2. The Hall–Kier alpha value is -1.02. The molecule has 2 heterocycles. The van der Waals surface area contributed by atoms with Crippen LogP contribution < -0.4 is 0 Å². The van der Waals surface area contributed by atoms with Gasteiger partial charge in [-0.2, -0.15) is 0 Å². The quantitative estimate of drug-likeness (QED) is 0.728. The molecule has 0 unspecified atom stereocenters. The van der Waals surface area contributed by atoms with Crippen LogP contribution in [0.1, 0.15) is 43.8 Å². The Kier molecular flexibility index (Phi) is 2.60. The Balaban J connectivity index is 2.03. The molecule has 0 amide bonds. The highest BCUT2D eigenvalue weighted by Crippen LogP contribution is 2.32. The number of nitrogens with zero attached hydrogens (tertiary/aromatic N) is 2. The molecule has 1 aliphatic rings. The van der Waals surface area contributed by atoms with Crippen molar-refractivity contribution in [1.29, 1.82) is 0 Å². The van der Waals surface area contributed by atoms with Gasteiger partial charge in [0.1, 0.15) is 5.82 Å². The minimum Gasteiger partial charge on any atom is -0.303 e. The van der Waals surface area contributed by atoms with Gasteiger partial charge in [-0.15, -0.1) is 0 Å². The number of halogens is 1. The molecule has 2 aromatic heterocycles. The molecule has 0 aromatic carbocycles. The number of rotatable bonds is 1. The fourth-order valence-corrected chi connectivity index (χ4v) is 2.82. The number of hydrogen-bond acceptors (Lipinski definition) is 1. The average molecular weight is 235 g/mol. The van der Waals surface area contributed by atoms with Crippen molar-refractivity contribution in [2.45, 2.75) is 38.0 Å². The fraction of sp³-hybridized carbons (Fsp3) is 0.462. The van der Waals surface area contributed by atoms with Gasteiger partial charge >= 0.3 is 0 Å². The molecule has 1 aliphatic carbocycles. The Morgan fingerprint density at radius 2 is 2.06 bits per heavy atom. The van der Waals surface area contributed by atoms with Crippen molar-refractivity contribution in [2.75, 3.05) is 0 Å². The van der Waals surface area contributed by atoms with Crippen LogP contribution in [0.2, 0.25) is 5.02 Å². The maximum atomic E-state index is 5.97. The van der Waals surface area contributed by atoms with Gasteiger partial charge in [-0.05, 0) is 25.0 Å². The summed E-state index contributed by atoms with van der Waals surface area (Å²) < 4.78 is 2.18. The molecule has 0 bridgehead atoms. The van der Waals surface area contributed by atoms with E-state index in [0.717, 1.165) is 10.5 Å². The highest BCUT2D eigenvalue weighted by atomic mass is 35.5. The number of pyridine rings is 1. The predicted octanol–water partition coefficient (Wildman–Crippen LogP) is 4.04. The first kappa shape index (κ1) is 10.2. The maximum absolute atomic E-state index is 5.97. The minimum atomic E-state index is 0.637. The second kappa shape index (κ2) is 4.10. The first-order chi connectivity index (χ1) is 7.84. The fourth-order valence-electron chi connectivity index (χ4n) is 2.66. The van der Waals surface area contributed by atoms with Crippen molar-refractivity contribution in [3.8, 4) is 0 Å². The van der Waals surface area contributed by atoms with Gasteiger partial charge in [0.05, 0.1) is 11.7 Å². The summed E-state index contributed by atoms with van der Waals surface area (Å²) in [4.78, 5) is 4.56. The molecule has 2 nitrogen and oxygen atoms in total. The molecular formula is C13H15ClN2. The predicted molar refractivity (Wildman–Crippen MR) is 66.0 cm³/mol. The van der Waals surface area contributed by atoms with E-state index < -0.39 is 0 Å². The lowest BCUT2D eigenvalue weighted by atomic mass is 9.89. The molecule has 0 aliphatic heterocycles. The zero-order valence-corrected chi connectivity index (χ0v) is 9.95. The molecule has 0 spiro atoms. The molecule has 3 rings (SSSR count). The third-order valence-corrected chi connectivity index (χ3v) is 3.73. The van der Waals surface area contributed by atoms with Gasteiger partial charge in [0.2, 0.25) is 0 Å². The zero-order chi connectivity index (χ0) is 11.0. The summed E-state index contributed by atoms with van der Waals surface area (Å²) in [7, 11) is 0. The average Bonchev–Trinajstić information content (AvgIpc) is 2.73. The maximum Gasteiger partial charge on any atom is 0.116 e. The Morgan fingerprint density at radius 3 is 2.88 bits per heavy atom. The molecule has 16 heavy (non-hydrogen) atoms. The monoisotopic (exact) mass is 234 g/mol. The third kappa shape index (κ3) is 1.71. The number of hydrogen-bond donors (Lipinski definition) is 0. The van der Waals surface area contributed by atoms with Crippen LogP contribution in [-0.4, -0.2) is 9.38 Å². The van der Waals surface area contributed by atoms with Crippen LogP contribution in [0.4, 0.5) is 0 Å². The van der Waals surface area contributed by atoms with E-state index in [9.17, 15) is 0 Å². The van der Waals surface area contributed by atoms with Crippen molar-refractivity contribution < 1.29 is 0 Å². The molecule has 1 saturated carbocycles. The van der Waals surface area contributed by atoms with Crippen molar-refractivity contribution in [3.63, 3.8) is 0 Å². The van der Waals surface area contributed by atoms with Crippen molar-refractivity contribution in [3.05, 3.63) is 35.4 Å². The lowest BCUT2D eigenvalue weighted by Crippen LogP contribution is -2.08. The topological polar surface area (TPSA) is 17.3 Å². The summed E-state index contributed by atoms with van der Waals surface area (Å²) in [6, 6.07) is 3.91. The molecule has 2 aromatic rings. The molecular weight excluding hydrogens is 220 g/mol. The van der Waals surface area contributed by atoms with Crippen molar-refractivity contribution in [1.82, 2.24) is 9.38 Å². The molecule has 0 saturated heterocycles. The zero-order valence-electron chi connectivity index (χ0n) is 9.19. The number of fused-ring (bicyclic) bond motifs is 1. The van der Waals surface area contributed by atoms with Gasteiger partial charge in [-0.3, -0.25) is 0 Å². The van der Waals surface area contributed by atoms with Crippen LogP contribution in [0, 0.1) is 0 Å². The van der Waals surface area contributed by atoms with E-state index >= 15 is 0 Å². The molecule has 1 fully saturated rings. The summed E-state index contributed by atoms with van der Waals surface area (Å²) in [5.41, 5.74) is 1.10. The van der Waals surface area contributed by atoms with Crippen LogP contribution in [0.15, 0.2) is 24.5 Å². The van der Waals surface area contributed by atoms with Crippen LogP contribution >= 0.6 is 11.6 Å². The van der Waals surface area contributed by atoms with Gasteiger partial charge in [0, 0.05) is 17.1 Å². The van der Waals surface area contributed by atoms with E-state index in [4.69, 9.17) is 11.6 Å². The SMILES string of the molecule is Clc1ccn2c(C3CCCCC3)ncc2c1. The lowest BCUT2D eigenvalue weighted by Gasteiger charge is -2.20. The first-order valence-electron chi connectivity index (χ1n) is 5.97. The van der Waals surface area contributed by atoms with Crippen molar-refractivity contribution >= 4 is 17.1 Å². The van der Waals surface area contributed by atoms with Gasteiger partial charge in [0.25, 0.3) is 0 Å². The van der Waals surface area contributed by atoms with E-state index in [1.807, 2.05) is 24.5 Å².